The minimum atomic E-state index is -0.0825. The Bertz CT molecular complexity index is 771. The van der Waals surface area contributed by atoms with E-state index in [9.17, 15) is 4.79 Å². The van der Waals surface area contributed by atoms with Gasteiger partial charge in [0.15, 0.2) is 10.8 Å². The van der Waals surface area contributed by atoms with Crippen LogP contribution in [0.3, 0.4) is 0 Å². The molecule has 1 unspecified atom stereocenters. The lowest BCUT2D eigenvalue weighted by molar-refractivity contribution is -0.130. The summed E-state index contributed by atoms with van der Waals surface area (Å²) < 4.78 is 7.34. The molecule has 0 radical (unpaired) electrons. The molecule has 4 rings (SSSR count). The third kappa shape index (κ3) is 2.77. The summed E-state index contributed by atoms with van der Waals surface area (Å²) in [4.78, 5) is 19.3. The van der Waals surface area contributed by atoms with Crippen LogP contribution in [0.1, 0.15) is 30.8 Å². The van der Waals surface area contributed by atoms with Gasteiger partial charge in [0.05, 0.1) is 5.25 Å². The summed E-state index contributed by atoms with van der Waals surface area (Å²) in [5.41, 5.74) is 1.71. The number of carbonyl (C=O) groups excluding carboxylic acids is 1. The van der Waals surface area contributed by atoms with Crippen molar-refractivity contribution in [3.8, 4) is 0 Å². The van der Waals surface area contributed by atoms with Crippen LogP contribution in [-0.2, 0) is 9.53 Å². The fraction of sp³-hybridized carbons (Fsp3) is 0.625. The van der Waals surface area contributed by atoms with Crippen LogP contribution in [-0.4, -0.2) is 61.4 Å². The number of hydrogen-bond acceptors (Lipinski definition) is 6. The van der Waals surface area contributed by atoms with Crippen molar-refractivity contribution in [2.45, 2.75) is 49.6 Å². The van der Waals surface area contributed by atoms with Gasteiger partial charge in [-0.05, 0) is 33.1 Å². The van der Waals surface area contributed by atoms with Gasteiger partial charge in [-0.25, -0.2) is 4.98 Å². The maximum absolute atomic E-state index is 12.8. The minimum Gasteiger partial charge on any atom is -0.381 e. The second-order valence-corrected chi connectivity index (χ2v) is 7.56. The van der Waals surface area contributed by atoms with E-state index in [-0.39, 0.29) is 11.2 Å². The lowest BCUT2D eigenvalue weighted by Crippen LogP contribution is -2.41. The van der Waals surface area contributed by atoms with Crippen molar-refractivity contribution in [3.05, 3.63) is 17.6 Å². The topological polar surface area (TPSA) is 72.6 Å². The number of fused-ring (bicyclic) bond motifs is 1. The average molecular weight is 347 g/mol. The molecule has 0 aliphatic carbocycles. The Labute approximate surface area is 144 Å². The van der Waals surface area contributed by atoms with Gasteiger partial charge in [0, 0.05) is 37.6 Å². The Kier molecular flexibility index (Phi) is 4.17. The first-order chi connectivity index (χ1) is 11.6. The van der Waals surface area contributed by atoms with Crippen LogP contribution in [0.4, 0.5) is 0 Å². The molecule has 2 fully saturated rings. The molecule has 24 heavy (non-hydrogen) atoms. The molecular weight excluding hydrogens is 326 g/mol. The molecule has 7 nitrogen and oxygen atoms in total. The lowest BCUT2D eigenvalue weighted by Gasteiger charge is -2.31. The Morgan fingerprint density at radius 3 is 2.79 bits per heavy atom. The van der Waals surface area contributed by atoms with Crippen molar-refractivity contribution >= 4 is 23.3 Å². The monoisotopic (exact) mass is 347 g/mol. The molecule has 0 bridgehead atoms. The predicted molar refractivity (Wildman–Crippen MR) is 90.1 cm³/mol. The zero-order valence-electron chi connectivity index (χ0n) is 13.9. The van der Waals surface area contributed by atoms with Crippen LogP contribution >= 0.6 is 11.8 Å². The van der Waals surface area contributed by atoms with Gasteiger partial charge in [0.1, 0.15) is 5.82 Å². The highest BCUT2D eigenvalue weighted by Crippen LogP contribution is 2.32. The zero-order chi connectivity index (χ0) is 16.7. The number of ether oxygens (including phenoxy) is 1. The van der Waals surface area contributed by atoms with E-state index < -0.39 is 0 Å². The zero-order valence-corrected chi connectivity index (χ0v) is 14.8. The van der Waals surface area contributed by atoms with Crippen LogP contribution < -0.4 is 0 Å². The first-order valence-corrected chi connectivity index (χ1v) is 9.26. The molecule has 0 spiro atoms. The van der Waals surface area contributed by atoms with Crippen LogP contribution in [0, 0.1) is 13.8 Å². The molecule has 2 aliphatic rings. The molecule has 2 saturated heterocycles. The second kappa shape index (κ2) is 6.33. The number of aryl methyl sites for hydroxylation is 2. The van der Waals surface area contributed by atoms with Gasteiger partial charge in [-0.15, -0.1) is 10.2 Å². The standard InChI is InChI=1S/C16H21N5O2S/c1-10-9-14-18-19-16(21(14)11(2)17-10)24-13-3-6-20(15(13)22)12-4-7-23-8-5-12/h9,12-13H,3-8H2,1-2H3. The van der Waals surface area contributed by atoms with Gasteiger partial charge in [-0.2, -0.15) is 0 Å². The van der Waals surface area contributed by atoms with Crippen molar-refractivity contribution < 1.29 is 9.53 Å². The van der Waals surface area contributed by atoms with Crippen molar-refractivity contribution in [3.63, 3.8) is 0 Å². The molecule has 2 aliphatic heterocycles. The SMILES string of the molecule is Cc1cc2nnc(SC3CCN(C4CCOCC4)C3=O)n2c(C)n1. The van der Waals surface area contributed by atoms with Crippen molar-refractivity contribution in [2.24, 2.45) is 0 Å². The Morgan fingerprint density at radius 2 is 2.00 bits per heavy atom. The Balaban J connectivity index is 1.53. The molecule has 0 saturated carbocycles. The third-order valence-corrected chi connectivity index (χ3v) is 5.93. The molecule has 128 valence electrons. The van der Waals surface area contributed by atoms with Crippen molar-refractivity contribution in [1.29, 1.82) is 0 Å². The van der Waals surface area contributed by atoms with Gasteiger partial charge >= 0.3 is 0 Å². The number of thioether (sulfide) groups is 1. The molecule has 1 atom stereocenters. The summed E-state index contributed by atoms with van der Waals surface area (Å²) in [5, 5.41) is 9.17. The summed E-state index contributed by atoms with van der Waals surface area (Å²) in [6, 6.07) is 2.24. The van der Waals surface area contributed by atoms with Crippen LogP contribution in [0.5, 0.6) is 0 Å². The normalized spacial score (nSPS) is 22.7. The van der Waals surface area contributed by atoms with Gasteiger partial charge in [0.2, 0.25) is 5.91 Å². The van der Waals surface area contributed by atoms with E-state index in [1.54, 1.807) is 0 Å². The summed E-state index contributed by atoms with van der Waals surface area (Å²) in [6.45, 7) is 6.23. The highest BCUT2D eigenvalue weighted by atomic mass is 32.2. The maximum Gasteiger partial charge on any atom is 0.236 e. The molecular formula is C16H21N5O2S. The van der Waals surface area contributed by atoms with E-state index in [2.05, 4.69) is 15.2 Å². The van der Waals surface area contributed by atoms with E-state index in [1.807, 2.05) is 29.2 Å². The minimum absolute atomic E-state index is 0.0825. The van der Waals surface area contributed by atoms with Crippen LogP contribution in [0.15, 0.2) is 11.2 Å². The number of hydrogen-bond donors (Lipinski definition) is 0. The van der Waals surface area contributed by atoms with E-state index in [0.29, 0.717) is 6.04 Å². The molecule has 8 heteroatoms. The summed E-state index contributed by atoms with van der Waals surface area (Å²) >= 11 is 1.51. The molecule has 2 aromatic rings. The number of amides is 1. The van der Waals surface area contributed by atoms with Gasteiger partial charge in [-0.1, -0.05) is 11.8 Å². The van der Waals surface area contributed by atoms with Gasteiger partial charge in [-0.3, -0.25) is 9.20 Å². The number of aromatic nitrogens is 4. The first-order valence-electron chi connectivity index (χ1n) is 8.38. The smallest absolute Gasteiger partial charge is 0.236 e. The van der Waals surface area contributed by atoms with Crippen molar-refractivity contribution in [2.75, 3.05) is 19.8 Å². The van der Waals surface area contributed by atoms with Crippen LogP contribution in [0.2, 0.25) is 0 Å². The van der Waals surface area contributed by atoms with Gasteiger partial charge < -0.3 is 9.64 Å². The number of rotatable bonds is 3. The Hall–Kier alpha value is -1.67. The highest BCUT2D eigenvalue weighted by Gasteiger charge is 2.37. The number of nitrogens with zero attached hydrogens (tertiary/aromatic N) is 5. The lowest BCUT2D eigenvalue weighted by atomic mass is 10.1. The van der Waals surface area contributed by atoms with E-state index in [4.69, 9.17) is 4.74 Å². The predicted octanol–water partition coefficient (Wildman–Crippen LogP) is 1.61. The van der Waals surface area contributed by atoms with Gasteiger partial charge in [0.25, 0.3) is 0 Å². The van der Waals surface area contributed by atoms with Crippen LogP contribution in [0.25, 0.3) is 5.65 Å². The molecule has 2 aromatic heterocycles. The average Bonchev–Trinajstić information content (AvgIpc) is 3.13. The molecule has 4 heterocycles. The maximum atomic E-state index is 12.8. The summed E-state index contributed by atoms with van der Waals surface area (Å²) in [6.07, 6.45) is 2.74. The first kappa shape index (κ1) is 15.8. The molecule has 0 N–H and O–H groups in total. The fourth-order valence-electron chi connectivity index (χ4n) is 3.55. The Morgan fingerprint density at radius 1 is 1.21 bits per heavy atom. The molecule has 1 amide bonds. The van der Waals surface area contributed by atoms with E-state index in [1.165, 1.54) is 11.8 Å². The second-order valence-electron chi connectivity index (χ2n) is 6.39. The summed E-state index contributed by atoms with van der Waals surface area (Å²) in [7, 11) is 0. The molecule has 0 aromatic carbocycles. The van der Waals surface area contributed by atoms with Crippen molar-refractivity contribution in [1.82, 2.24) is 24.5 Å². The fourth-order valence-corrected chi connectivity index (χ4v) is 4.68. The highest BCUT2D eigenvalue weighted by molar-refractivity contribution is 8.00. The van der Waals surface area contributed by atoms with E-state index in [0.717, 1.165) is 61.3 Å². The quantitative estimate of drug-likeness (QED) is 0.840. The third-order valence-electron chi connectivity index (χ3n) is 4.73. The summed E-state index contributed by atoms with van der Waals surface area (Å²) in [5.74, 6) is 1.07. The number of likely N-dealkylation sites (tertiary alicyclic amines) is 1. The number of carbonyl (C=O) groups is 1. The van der Waals surface area contributed by atoms with E-state index >= 15 is 0 Å². The largest absolute Gasteiger partial charge is 0.381 e.